The molecule has 4 nitrogen and oxygen atoms in total. The summed E-state index contributed by atoms with van der Waals surface area (Å²) >= 11 is 0. The molecule has 2 rings (SSSR count). The maximum Gasteiger partial charge on any atom is 0.312 e. The summed E-state index contributed by atoms with van der Waals surface area (Å²) in [4.78, 5) is 25.4. The molecule has 0 saturated carbocycles. The number of allylic oxidation sites excluding steroid dienone is 1. The van der Waals surface area contributed by atoms with Crippen LogP contribution in [-0.4, -0.2) is 23.5 Å². The fourth-order valence-electron chi connectivity index (χ4n) is 2.70. The summed E-state index contributed by atoms with van der Waals surface area (Å²) in [5.74, 6) is -1.75. The van der Waals surface area contributed by atoms with Gasteiger partial charge in [-0.1, -0.05) is 30.7 Å². The minimum Gasteiger partial charge on any atom is -0.481 e. The third-order valence-corrected chi connectivity index (χ3v) is 3.61. The average Bonchev–Trinajstić information content (AvgIpc) is 2.76. The van der Waals surface area contributed by atoms with Crippen molar-refractivity contribution in [1.82, 2.24) is 0 Å². The molecule has 0 aliphatic carbocycles. The van der Waals surface area contributed by atoms with Gasteiger partial charge in [0.25, 0.3) is 0 Å². The molecule has 0 radical (unpaired) electrons. The second-order valence-corrected chi connectivity index (χ2v) is 5.46. The summed E-state index contributed by atoms with van der Waals surface area (Å²) < 4.78 is 0. The predicted molar refractivity (Wildman–Crippen MR) is 77.8 cm³/mol. The number of aliphatic carboxylic acids is 1. The molecule has 0 spiro atoms. The number of para-hydroxylation sites is 1. The highest BCUT2D eigenvalue weighted by atomic mass is 16.4. The third kappa shape index (κ3) is 2.59. The van der Waals surface area contributed by atoms with Crippen LogP contribution in [0.5, 0.6) is 0 Å². The van der Waals surface area contributed by atoms with Crippen molar-refractivity contribution in [3.8, 4) is 0 Å². The van der Waals surface area contributed by atoms with Crippen LogP contribution in [0.4, 0.5) is 5.69 Å². The molecular formula is C16H19NO3. The number of rotatable bonds is 4. The van der Waals surface area contributed by atoms with Gasteiger partial charge in [0.05, 0.1) is 0 Å². The van der Waals surface area contributed by atoms with Gasteiger partial charge in [0, 0.05) is 18.2 Å². The minimum absolute atomic E-state index is 0.0378. The largest absolute Gasteiger partial charge is 0.481 e. The lowest BCUT2D eigenvalue weighted by Crippen LogP contribution is -2.35. The van der Waals surface area contributed by atoms with Crippen LogP contribution >= 0.6 is 0 Å². The van der Waals surface area contributed by atoms with Crippen LogP contribution in [0, 0.1) is 5.92 Å². The number of carbonyl (C=O) groups is 2. The zero-order valence-corrected chi connectivity index (χ0v) is 11.8. The molecule has 106 valence electrons. The second-order valence-electron chi connectivity index (χ2n) is 5.46. The molecule has 1 aromatic rings. The molecule has 0 aromatic heterocycles. The molecule has 1 amide bonds. The summed E-state index contributed by atoms with van der Waals surface area (Å²) in [6, 6.07) is 7.22. The number of carboxylic acid groups (broad SMARTS) is 1. The summed E-state index contributed by atoms with van der Waals surface area (Å²) in [5, 5.41) is 9.29. The fourth-order valence-corrected chi connectivity index (χ4v) is 2.70. The lowest BCUT2D eigenvalue weighted by molar-refractivity contribution is -0.138. The zero-order chi connectivity index (χ0) is 14.9. The van der Waals surface area contributed by atoms with E-state index in [2.05, 4.69) is 6.58 Å². The Morgan fingerprint density at radius 1 is 1.45 bits per heavy atom. The molecular weight excluding hydrogens is 254 g/mol. The van der Waals surface area contributed by atoms with Gasteiger partial charge in [0.15, 0.2) is 0 Å². The number of hydrogen-bond acceptors (Lipinski definition) is 2. The maximum absolute atomic E-state index is 12.5. The number of carboxylic acids is 1. The van der Waals surface area contributed by atoms with Crippen molar-refractivity contribution >= 4 is 17.6 Å². The summed E-state index contributed by atoms with van der Waals surface area (Å²) in [6.45, 7) is 7.79. The SMILES string of the molecule is C=C(C)CC(C)C(=O)N1CC(C(=O)O)c2ccccc21. The number of carbonyl (C=O) groups excluding carboxylic acids is 1. The quantitative estimate of drug-likeness (QED) is 0.858. The summed E-state index contributed by atoms with van der Waals surface area (Å²) in [6.07, 6.45) is 0.620. The standard InChI is InChI=1S/C16H19NO3/c1-10(2)8-11(3)15(18)17-9-13(16(19)20)12-6-4-5-7-14(12)17/h4-7,11,13H,1,8-9H2,2-3H3,(H,19,20). The molecule has 4 heteroatoms. The van der Waals surface area contributed by atoms with Crippen LogP contribution < -0.4 is 4.90 Å². The highest BCUT2D eigenvalue weighted by Gasteiger charge is 2.37. The molecule has 0 saturated heterocycles. The van der Waals surface area contributed by atoms with E-state index in [-0.39, 0.29) is 18.4 Å². The Labute approximate surface area is 118 Å². The molecule has 2 atom stereocenters. The Balaban J connectivity index is 2.29. The van der Waals surface area contributed by atoms with Crippen molar-refractivity contribution in [3.63, 3.8) is 0 Å². The van der Waals surface area contributed by atoms with Gasteiger partial charge in [-0.2, -0.15) is 0 Å². The number of benzene rings is 1. The molecule has 0 fully saturated rings. The van der Waals surface area contributed by atoms with Gasteiger partial charge in [-0.15, -0.1) is 6.58 Å². The Bertz CT molecular complexity index is 565. The normalized spacial score (nSPS) is 18.5. The predicted octanol–water partition coefficient (Wildman–Crippen LogP) is 2.80. The molecule has 20 heavy (non-hydrogen) atoms. The zero-order valence-electron chi connectivity index (χ0n) is 11.8. The number of hydrogen-bond donors (Lipinski definition) is 1. The van der Waals surface area contributed by atoms with E-state index in [4.69, 9.17) is 0 Å². The highest BCUT2D eigenvalue weighted by molar-refractivity contribution is 6.00. The average molecular weight is 273 g/mol. The van der Waals surface area contributed by atoms with Gasteiger partial charge in [-0.25, -0.2) is 0 Å². The molecule has 1 aliphatic heterocycles. The van der Waals surface area contributed by atoms with Gasteiger partial charge < -0.3 is 10.0 Å². The van der Waals surface area contributed by atoms with Gasteiger partial charge in [0.2, 0.25) is 5.91 Å². The molecule has 1 heterocycles. The van der Waals surface area contributed by atoms with Crippen molar-refractivity contribution in [2.45, 2.75) is 26.2 Å². The van der Waals surface area contributed by atoms with Crippen LogP contribution in [0.1, 0.15) is 31.7 Å². The van der Waals surface area contributed by atoms with Crippen molar-refractivity contribution in [2.75, 3.05) is 11.4 Å². The smallest absolute Gasteiger partial charge is 0.312 e. The van der Waals surface area contributed by atoms with Crippen LogP contribution in [-0.2, 0) is 9.59 Å². The first kappa shape index (κ1) is 14.3. The van der Waals surface area contributed by atoms with Gasteiger partial charge in [0.1, 0.15) is 5.92 Å². The lowest BCUT2D eigenvalue weighted by Gasteiger charge is -2.22. The molecule has 1 N–H and O–H groups in total. The van der Waals surface area contributed by atoms with E-state index in [0.29, 0.717) is 6.42 Å². The van der Waals surface area contributed by atoms with E-state index in [0.717, 1.165) is 16.8 Å². The van der Waals surface area contributed by atoms with Gasteiger partial charge in [-0.05, 0) is 25.0 Å². The van der Waals surface area contributed by atoms with E-state index in [1.165, 1.54) is 0 Å². The topological polar surface area (TPSA) is 57.6 Å². The van der Waals surface area contributed by atoms with Crippen molar-refractivity contribution in [2.24, 2.45) is 5.92 Å². The van der Waals surface area contributed by atoms with Crippen molar-refractivity contribution in [3.05, 3.63) is 42.0 Å². The van der Waals surface area contributed by atoms with Crippen molar-refractivity contribution < 1.29 is 14.7 Å². The second kappa shape index (κ2) is 5.49. The van der Waals surface area contributed by atoms with E-state index in [9.17, 15) is 14.7 Å². The first-order chi connectivity index (χ1) is 9.41. The number of nitrogens with zero attached hydrogens (tertiary/aromatic N) is 1. The number of fused-ring (bicyclic) bond motifs is 1. The first-order valence-corrected chi connectivity index (χ1v) is 6.69. The van der Waals surface area contributed by atoms with E-state index < -0.39 is 11.9 Å². The first-order valence-electron chi connectivity index (χ1n) is 6.69. The lowest BCUT2D eigenvalue weighted by atomic mass is 10.0. The summed E-state index contributed by atoms with van der Waals surface area (Å²) in [7, 11) is 0. The van der Waals surface area contributed by atoms with E-state index in [1.807, 2.05) is 26.0 Å². The third-order valence-electron chi connectivity index (χ3n) is 3.61. The number of amides is 1. The minimum atomic E-state index is -0.889. The van der Waals surface area contributed by atoms with Crippen LogP contribution in [0.2, 0.25) is 0 Å². The van der Waals surface area contributed by atoms with E-state index >= 15 is 0 Å². The monoisotopic (exact) mass is 273 g/mol. The highest BCUT2D eigenvalue weighted by Crippen LogP contribution is 2.37. The summed E-state index contributed by atoms with van der Waals surface area (Å²) in [5.41, 5.74) is 2.39. The van der Waals surface area contributed by atoms with Gasteiger partial charge in [-0.3, -0.25) is 9.59 Å². The van der Waals surface area contributed by atoms with Crippen LogP contribution in [0.3, 0.4) is 0 Å². The number of anilines is 1. The van der Waals surface area contributed by atoms with E-state index in [1.54, 1.807) is 17.0 Å². The Morgan fingerprint density at radius 3 is 2.70 bits per heavy atom. The molecule has 1 aromatic carbocycles. The van der Waals surface area contributed by atoms with Gasteiger partial charge >= 0.3 is 5.97 Å². The Morgan fingerprint density at radius 2 is 2.10 bits per heavy atom. The fraction of sp³-hybridized carbons (Fsp3) is 0.375. The molecule has 0 bridgehead atoms. The van der Waals surface area contributed by atoms with Crippen LogP contribution in [0.25, 0.3) is 0 Å². The molecule has 2 unspecified atom stereocenters. The van der Waals surface area contributed by atoms with Crippen LogP contribution in [0.15, 0.2) is 36.4 Å². The Hall–Kier alpha value is -2.10. The van der Waals surface area contributed by atoms with Crippen molar-refractivity contribution in [1.29, 1.82) is 0 Å². The maximum atomic E-state index is 12.5. The molecule has 1 aliphatic rings. The Kier molecular flexibility index (Phi) is 3.93.